The van der Waals surface area contributed by atoms with E-state index in [1.54, 1.807) is 35.0 Å². The molecule has 3 heterocycles. The zero-order valence-electron chi connectivity index (χ0n) is 25.3. The summed E-state index contributed by atoms with van der Waals surface area (Å²) in [6.45, 7) is 12.6. The van der Waals surface area contributed by atoms with E-state index in [1.165, 1.54) is 6.07 Å². The van der Waals surface area contributed by atoms with Crippen molar-refractivity contribution >= 4 is 34.8 Å². The highest BCUT2D eigenvalue weighted by Crippen LogP contribution is 2.26. The third-order valence-corrected chi connectivity index (χ3v) is 7.43. The number of nitrogens with one attached hydrogen (secondary N) is 4. The zero-order valence-corrected chi connectivity index (χ0v) is 25.3. The Morgan fingerprint density at radius 1 is 1.14 bits per heavy atom. The average molecular weight is 601 g/mol. The number of nitrogens with zero attached hydrogens (tertiary/aromatic N) is 4. The molecular weight excluding hydrogens is 563 g/mol. The Hall–Kier alpha value is -4.84. The summed E-state index contributed by atoms with van der Waals surface area (Å²) in [6.07, 6.45) is 3.65. The first-order chi connectivity index (χ1) is 21.0. The summed E-state index contributed by atoms with van der Waals surface area (Å²) in [7, 11) is 0. The van der Waals surface area contributed by atoms with E-state index in [-0.39, 0.29) is 29.2 Å². The van der Waals surface area contributed by atoms with Crippen molar-refractivity contribution in [1.82, 2.24) is 24.9 Å². The van der Waals surface area contributed by atoms with Crippen LogP contribution in [0.3, 0.4) is 0 Å². The molecule has 2 aromatic carbocycles. The minimum absolute atomic E-state index is 0.0378. The SMILES string of the molecule is C=C(F)C(=O)Nc1cccc(C(=O)Nc2cccc(CNc3nc(OC4CCC(C)(C)NC4)nc4c(C(C)C)cnn34)c2)c1. The summed E-state index contributed by atoms with van der Waals surface area (Å²) >= 11 is 0. The highest BCUT2D eigenvalue weighted by Gasteiger charge is 2.28. The van der Waals surface area contributed by atoms with E-state index in [4.69, 9.17) is 9.72 Å². The molecule has 44 heavy (non-hydrogen) atoms. The van der Waals surface area contributed by atoms with E-state index >= 15 is 0 Å². The van der Waals surface area contributed by atoms with Crippen molar-refractivity contribution in [2.24, 2.45) is 0 Å². The first kappa shape index (κ1) is 30.6. The Morgan fingerprint density at radius 3 is 2.59 bits per heavy atom. The molecular formula is C32H37FN8O3. The van der Waals surface area contributed by atoms with Crippen molar-refractivity contribution in [2.45, 2.75) is 64.6 Å². The van der Waals surface area contributed by atoms with Crippen LogP contribution >= 0.6 is 0 Å². The Labute approximate surface area is 255 Å². The molecule has 0 radical (unpaired) electrons. The second-order valence-electron chi connectivity index (χ2n) is 11.8. The number of carbonyl (C=O) groups excluding carboxylic acids is 2. The van der Waals surface area contributed by atoms with Gasteiger partial charge in [-0.1, -0.05) is 38.6 Å². The quantitative estimate of drug-likeness (QED) is 0.177. The molecule has 4 aromatic rings. The van der Waals surface area contributed by atoms with Crippen LogP contribution in [0, 0.1) is 0 Å². The molecule has 230 valence electrons. The Bertz CT molecular complexity index is 1690. The fourth-order valence-corrected chi connectivity index (χ4v) is 4.88. The lowest BCUT2D eigenvalue weighted by Gasteiger charge is -2.35. The molecule has 2 amide bonds. The van der Waals surface area contributed by atoms with Gasteiger partial charge in [0.05, 0.1) is 6.20 Å². The number of aromatic nitrogens is 4. The molecule has 2 aromatic heterocycles. The van der Waals surface area contributed by atoms with E-state index in [0.717, 1.165) is 24.0 Å². The monoisotopic (exact) mass is 600 g/mol. The molecule has 1 atom stereocenters. The molecule has 1 unspecified atom stereocenters. The smallest absolute Gasteiger partial charge is 0.322 e. The molecule has 1 saturated heterocycles. The van der Waals surface area contributed by atoms with Gasteiger partial charge in [-0.25, -0.2) is 4.39 Å². The summed E-state index contributed by atoms with van der Waals surface area (Å²) in [4.78, 5) is 33.9. The number of rotatable bonds is 10. The second-order valence-corrected chi connectivity index (χ2v) is 11.8. The first-order valence-electron chi connectivity index (χ1n) is 14.5. The van der Waals surface area contributed by atoms with Crippen LogP contribution < -0.4 is 26.0 Å². The molecule has 1 aliphatic heterocycles. The maximum Gasteiger partial charge on any atom is 0.322 e. The number of piperidine rings is 1. The van der Waals surface area contributed by atoms with E-state index in [1.807, 2.05) is 18.2 Å². The van der Waals surface area contributed by atoms with Gasteiger partial charge in [-0.3, -0.25) is 9.59 Å². The maximum absolute atomic E-state index is 13.1. The van der Waals surface area contributed by atoms with E-state index in [2.05, 4.69) is 65.6 Å². The summed E-state index contributed by atoms with van der Waals surface area (Å²) < 4.78 is 21.0. The molecule has 12 heteroatoms. The average Bonchev–Trinajstić information content (AvgIpc) is 3.42. The third kappa shape index (κ3) is 7.38. The Balaban J connectivity index is 1.30. The number of halogens is 1. The molecule has 0 spiro atoms. The molecule has 0 bridgehead atoms. The lowest BCUT2D eigenvalue weighted by Crippen LogP contribution is -2.50. The number of hydrogen-bond acceptors (Lipinski definition) is 8. The van der Waals surface area contributed by atoms with Gasteiger partial charge >= 0.3 is 6.01 Å². The van der Waals surface area contributed by atoms with Crippen molar-refractivity contribution in [2.75, 3.05) is 22.5 Å². The normalized spacial score (nSPS) is 16.0. The number of carbonyl (C=O) groups is 2. The van der Waals surface area contributed by atoms with Gasteiger partial charge in [-0.2, -0.15) is 19.6 Å². The number of hydrogen-bond donors (Lipinski definition) is 4. The van der Waals surface area contributed by atoms with Crippen LogP contribution in [0.2, 0.25) is 0 Å². The first-order valence-corrected chi connectivity index (χ1v) is 14.5. The van der Waals surface area contributed by atoms with Crippen molar-refractivity contribution in [3.8, 4) is 6.01 Å². The lowest BCUT2D eigenvalue weighted by atomic mass is 9.92. The largest absolute Gasteiger partial charge is 0.459 e. The molecule has 1 aliphatic rings. The topological polar surface area (TPSA) is 135 Å². The predicted molar refractivity (Wildman–Crippen MR) is 168 cm³/mol. The van der Waals surface area contributed by atoms with Crippen molar-refractivity contribution in [3.05, 3.63) is 83.8 Å². The van der Waals surface area contributed by atoms with Gasteiger partial charge in [-0.05, 0) is 68.5 Å². The van der Waals surface area contributed by atoms with Gasteiger partial charge in [0, 0.05) is 41.1 Å². The summed E-state index contributed by atoms with van der Waals surface area (Å²) in [5.41, 5.74) is 3.79. The number of ether oxygens (including phenoxy) is 1. The van der Waals surface area contributed by atoms with E-state index in [0.29, 0.717) is 41.9 Å². The molecule has 0 saturated carbocycles. The maximum atomic E-state index is 13.1. The highest BCUT2D eigenvalue weighted by molar-refractivity contribution is 6.06. The number of amides is 2. The summed E-state index contributed by atoms with van der Waals surface area (Å²) in [5.74, 6) is -1.77. The lowest BCUT2D eigenvalue weighted by molar-refractivity contribution is -0.114. The Morgan fingerprint density at radius 2 is 1.89 bits per heavy atom. The zero-order chi connectivity index (χ0) is 31.4. The molecule has 5 rings (SSSR count). The van der Waals surface area contributed by atoms with Crippen LogP contribution in [0.25, 0.3) is 5.65 Å². The minimum atomic E-state index is -1.12. The van der Waals surface area contributed by atoms with Crippen LogP contribution in [-0.4, -0.2) is 49.6 Å². The van der Waals surface area contributed by atoms with Crippen molar-refractivity contribution < 1.29 is 18.7 Å². The van der Waals surface area contributed by atoms with Crippen LogP contribution in [0.5, 0.6) is 6.01 Å². The molecule has 4 N–H and O–H groups in total. The summed E-state index contributed by atoms with van der Waals surface area (Å²) in [6, 6.07) is 13.9. The van der Waals surface area contributed by atoms with Crippen LogP contribution in [0.4, 0.5) is 21.7 Å². The minimum Gasteiger partial charge on any atom is -0.459 e. The Kier molecular flexibility index (Phi) is 8.91. The van der Waals surface area contributed by atoms with E-state index < -0.39 is 11.7 Å². The second kappa shape index (κ2) is 12.8. The van der Waals surface area contributed by atoms with E-state index in [9.17, 15) is 14.0 Å². The van der Waals surface area contributed by atoms with Gasteiger partial charge in [0.25, 0.3) is 11.8 Å². The summed E-state index contributed by atoms with van der Waals surface area (Å²) in [5, 5.41) is 16.6. The molecule has 1 fully saturated rings. The predicted octanol–water partition coefficient (Wildman–Crippen LogP) is 5.44. The molecule has 0 aliphatic carbocycles. The standard InChI is InChI=1S/C32H37FN8O3/c1-19(2)26-18-36-41-27(26)39-31(44-25-12-13-32(4,5)35-17-25)40-30(41)34-16-21-8-6-10-23(14-21)38-29(43)22-9-7-11-24(15-22)37-28(42)20(3)33/h6-11,14-15,18-19,25,35H,3,12-13,16-17H2,1-2,4-5H3,(H,37,42)(H,38,43)(H,34,39,40). The van der Waals surface area contributed by atoms with Crippen LogP contribution in [0.15, 0.2) is 67.1 Å². The van der Waals surface area contributed by atoms with Crippen LogP contribution in [-0.2, 0) is 11.3 Å². The van der Waals surface area contributed by atoms with Crippen molar-refractivity contribution in [3.63, 3.8) is 0 Å². The fourth-order valence-electron chi connectivity index (χ4n) is 4.88. The van der Waals surface area contributed by atoms with Gasteiger partial charge in [0.2, 0.25) is 5.95 Å². The van der Waals surface area contributed by atoms with Gasteiger partial charge < -0.3 is 26.0 Å². The third-order valence-electron chi connectivity index (χ3n) is 7.43. The van der Waals surface area contributed by atoms with Crippen molar-refractivity contribution in [1.29, 1.82) is 0 Å². The van der Waals surface area contributed by atoms with Gasteiger partial charge in [-0.15, -0.1) is 0 Å². The number of fused-ring (bicyclic) bond motifs is 1. The van der Waals surface area contributed by atoms with Crippen LogP contribution in [0.1, 0.15) is 67.9 Å². The molecule has 11 nitrogen and oxygen atoms in total. The van der Waals surface area contributed by atoms with Gasteiger partial charge in [0.15, 0.2) is 11.5 Å². The fraction of sp³-hybridized carbons (Fsp3) is 0.344. The van der Waals surface area contributed by atoms with Gasteiger partial charge in [0.1, 0.15) is 6.10 Å². The number of benzene rings is 2. The highest BCUT2D eigenvalue weighted by atomic mass is 19.1. The number of anilines is 3.